The lowest BCUT2D eigenvalue weighted by atomic mass is 10.1. The summed E-state index contributed by atoms with van der Waals surface area (Å²) in [4.78, 5) is 12.0. The van der Waals surface area contributed by atoms with Crippen LogP contribution in [0.4, 0.5) is 4.39 Å². The van der Waals surface area contributed by atoms with Gasteiger partial charge in [0, 0.05) is 18.2 Å². The summed E-state index contributed by atoms with van der Waals surface area (Å²) in [7, 11) is 1.83. The minimum atomic E-state index is -0.374. The fraction of sp³-hybridized carbons (Fsp3) is 0.0556. The predicted molar refractivity (Wildman–Crippen MR) is 97.2 cm³/mol. The van der Waals surface area contributed by atoms with Crippen molar-refractivity contribution in [2.75, 3.05) is 0 Å². The molecule has 1 heterocycles. The van der Waals surface area contributed by atoms with E-state index in [2.05, 4.69) is 10.2 Å². The predicted octanol–water partition coefficient (Wildman–Crippen LogP) is 4.76. The molecule has 0 amide bonds. The highest BCUT2D eigenvalue weighted by molar-refractivity contribution is 8.02. The first-order chi connectivity index (χ1) is 12.1. The van der Waals surface area contributed by atoms with E-state index in [-0.39, 0.29) is 11.6 Å². The molecule has 0 N–H and O–H groups in total. The van der Waals surface area contributed by atoms with E-state index in [0.29, 0.717) is 21.6 Å². The summed E-state index contributed by atoms with van der Waals surface area (Å²) < 4.78 is 14.7. The number of rotatable bonds is 5. The van der Waals surface area contributed by atoms with Crippen LogP contribution >= 0.6 is 23.4 Å². The first kappa shape index (κ1) is 17.4. The molecule has 0 saturated heterocycles. The van der Waals surface area contributed by atoms with Gasteiger partial charge in [0.1, 0.15) is 5.82 Å². The van der Waals surface area contributed by atoms with E-state index in [9.17, 15) is 9.18 Å². The molecule has 0 saturated carbocycles. The van der Waals surface area contributed by atoms with Crippen LogP contribution in [0.1, 0.15) is 10.4 Å². The van der Waals surface area contributed by atoms with E-state index >= 15 is 0 Å². The van der Waals surface area contributed by atoms with Crippen molar-refractivity contribution in [1.82, 2.24) is 14.8 Å². The highest BCUT2D eigenvalue weighted by atomic mass is 35.5. The largest absolute Gasteiger partial charge is 0.305 e. The van der Waals surface area contributed by atoms with Crippen LogP contribution in [0.25, 0.3) is 11.4 Å². The first-order valence-electron chi connectivity index (χ1n) is 7.33. The fourth-order valence-electron chi connectivity index (χ4n) is 2.16. The van der Waals surface area contributed by atoms with Crippen LogP contribution in [0.2, 0.25) is 5.02 Å². The summed E-state index contributed by atoms with van der Waals surface area (Å²) in [5, 5.41) is 11.1. The first-order valence-corrected chi connectivity index (χ1v) is 8.59. The van der Waals surface area contributed by atoms with Crippen LogP contribution in [0.3, 0.4) is 0 Å². The summed E-state index contributed by atoms with van der Waals surface area (Å²) in [6, 6.07) is 12.8. The van der Waals surface area contributed by atoms with E-state index in [1.165, 1.54) is 42.1 Å². The van der Waals surface area contributed by atoms with Crippen molar-refractivity contribution in [1.29, 1.82) is 0 Å². The number of aromatic nitrogens is 3. The van der Waals surface area contributed by atoms with E-state index in [1.807, 2.05) is 25.2 Å². The number of nitrogens with zero attached hydrogens (tertiary/aromatic N) is 3. The van der Waals surface area contributed by atoms with Gasteiger partial charge in [-0.05, 0) is 47.9 Å². The highest BCUT2D eigenvalue weighted by Gasteiger charge is 2.13. The maximum atomic E-state index is 12.9. The Morgan fingerprint density at radius 1 is 1.16 bits per heavy atom. The Morgan fingerprint density at radius 3 is 2.60 bits per heavy atom. The maximum Gasteiger partial charge on any atom is 0.195 e. The summed E-state index contributed by atoms with van der Waals surface area (Å²) in [5.41, 5.74) is 1.21. The van der Waals surface area contributed by atoms with Crippen molar-refractivity contribution >= 4 is 29.1 Å². The maximum absolute atomic E-state index is 12.9. The molecule has 0 spiro atoms. The topological polar surface area (TPSA) is 47.8 Å². The van der Waals surface area contributed by atoms with Crippen LogP contribution < -0.4 is 0 Å². The molecular formula is C18H13ClFN3OS. The zero-order valence-electron chi connectivity index (χ0n) is 13.2. The third-order valence-corrected chi connectivity index (χ3v) is 4.64. The van der Waals surface area contributed by atoms with Crippen molar-refractivity contribution < 1.29 is 9.18 Å². The molecule has 0 aliphatic heterocycles. The molecule has 3 rings (SSSR count). The molecule has 0 aliphatic carbocycles. The molecule has 7 heteroatoms. The monoisotopic (exact) mass is 373 g/mol. The van der Waals surface area contributed by atoms with Crippen LogP contribution in [-0.2, 0) is 7.05 Å². The summed E-state index contributed by atoms with van der Waals surface area (Å²) in [6.07, 6.45) is 1.42. The summed E-state index contributed by atoms with van der Waals surface area (Å²) in [6.45, 7) is 0. The van der Waals surface area contributed by atoms with Crippen molar-refractivity contribution in [2.45, 2.75) is 5.16 Å². The molecule has 0 radical (unpaired) electrons. The Labute approximate surface area is 153 Å². The normalized spacial score (nSPS) is 11.2. The molecule has 126 valence electrons. The van der Waals surface area contributed by atoms with Gasteiger partial charge in [0.2, 0.25) is 0 Å². The lowest BCUT2D eigenvalue weighted by Gasteiger charge is -2.04. The molecule has 25 heavy (non-hydrogen) atoms. The standard InChI is InChI=1S/C18H13ClFN3OS/c1-23-17(14-4-2-3-5-15(14)19)21-22-18(23)25-11-10-16(24)12-6-8-13(20)9-7-12/h2-11H,1H3/b11-10+. The number of hydrogen-bond acceptors (Lipinski definition) is 4. The molecule has 0 fully saturated rings. The molecule has 3 aromatic rings. The number of hydrogen-bond donors (Lipinski definition) is 0. The summed E-state index contributed by atoms with van der Waals surface area (Å²) in [5.74, 6) is 0.0634. The number of benzene rings is 2. The minimum Gasteiger partial charge on any atom is -0.305 e. The Hall–Kier alpha value is -2.44. The zero-order valence-corrected chi connectivity index (χ0v) is 14.8. The number of carbonyl (C=O) groups excluding carboxylic acids is 1. The molecule has 1 aromatic heterocycles. The van der Waals surface area contributed by atoms with Gasteiger partial charge in [-0.3, -0.25) is 4.79 Å². The lowest BCUT2D eigenvalue weighted by molar-refractivity contribution is 0.104. The summed E-state index contributed by atoms with van der Waals surface area (Å²) >= 11 is 7.46. The van der Waals surface area contributed by atoms with Gasteiger partial charge >= 0.3 is 0 Å². The van der Waals surface area contributed by atoms with Crippen molar-refractivity contribution in [3.8, 4) is 11.4 Å². The number of halogens is 2. The van der Waals surface area contributed by atoms with Gasteiger partial charge in [0.15, 0.2) is 16.8 Å². The van der Waals surface area contributed by atoms with E-state index in [1.54, 1.807) is 16.0 Å². The molecule has 2 aromatic carbocycles. The Kier molecular flexibility index (Phi) is 5.31. The average Bonchev–Trinajstić information content (AvgIpc) is 2.97. The van der Waals surface area contributed by atoms with E-state index < -0.39 is 0 Å². The van der Waals surface area contributed by atoms with Crippen LogP contribution in [0.15, 0.2) is 65.2 Å². The van der Waals surface area contributed by atoms with Crippen molar-refractivity contribution in [3.63, 3.8) is 0 Å². The molecule has 0 unspecified atom stereocenters. The van der Waals surface area contributed by atoms with Gasteiger partial charge in [-0.1, -0.05) is 35.5 Å². The van der Waals surface area contributed by atoms with Crippen LogP contribution in [0.5, 0.6) is 0 Å². The number of carbonyl (C=O) groups is 1. The van der Waals surface area contributed by atoms with Gasteiger partial charge < -0.3 is 4.57 Å². The van der Waals surface area contributed by atoms with Crippen LogP contribution in [0, 0.1) is 5.82 Å². The number of thioether (sulfide) groups is 1. The molecule has 0 atom stereocenters. The fourth-order valence-corrected chi connectivity index (χ4v) is 3.03. The third-order valence-electron chi connectivity index (χ3n) is 3.47. The van der Waals surface area contributed by atoms with Gasteiger partial charge in [-0.2, -0.15) is 0 Å². The van der Waals surface area contributed by atoms with Gasteiger partial charge in [0.25, 0.3) is 0 Å². The van der Waals surface area contributed by atoms with E-state index in [4.69, 9.17) is 11.6 Å². The van der Waals surface area contributed by atoms with E-state index in [0.717, 1.165) is 5.56 Å². The Morgan fingerprint density at radius 2 is 1.88 bits per heavy atom. The average molecular weight is 374 g/mol. The van der Waals surface area contributed by atoms with Crippen LogP contribution in [-0.4, -0.2) is 20.5 Å². The number of allylic oxidation sites excluding steroid dienone is 1. The zero-order chi connectivity index (χ0) is 17.8. The third kappa shape index (κ3) is 3.97. The second-order valence-electron chi connectivity index (χ2n) is 5.14. The highest BCUT2D eigenvalue weighted by Crippen LogP contribution is 2.28. The minimum absolute atomic E-state index is 0.207. The quantitative estimate of drug-likeness (QED) is 0.367. The Bertz CT molecular complexity index is 938. The lowest BCUT2D eigenvalue weighted by Crippen LogP contribution is -1.95. The van der Waals surface area contributed by atoms with Crippen molar-refractivity contribution in [2.24, 2.45) is 7.05 Å². The van der Waals surface area contributed by atoms with Gasteiger partial charge in [0.05, 0.1) is 5.02 Å². The SMILES string of the molecule is Cn1c(S/C=C/C(=O)c2ccc(F)cc2)nnc1-c1ccccc1Cl. The number of ketones is 1. The smallest absolute Gasteiger partial charge is 0.195 e. The second kappa shape index (κ2) is 7.63. The van der Waals surface area contributed by atoms with Gasteiger partial charge in [-0.15, -0.1) is 10.2 Å². The molecule has 4 nitrogen and oxygen atoms in total. The molecule has 0 aliphatic rings. The Balaban J connectivity index is 1.73. The molecule has 0 bridgehead atoms. The second-order valence-corrected chi connectivity index (χ2v) is 6.42. The van der Waals surface area contributed by atoms with Gasteiger partial charge in [-0.25, -0.2) is 4.39 Å². The molecular weight excluding hydrogens is 361 g/mol. The van der Waals surface area contributed by atoms with Crippen molar-refractivity contribution in [3.05, 3.63) is 76.4 Å².